The van der Waals surface area contributed by atoms with Gasteiger partial charge in [0.1, 0.15) is 17.9 Å². The molecule has 30 heavy (non-hydrogen) atoms. The van der Waals surface area contributed by atoms with E-state index in [0.717, 1.165) is 4.90 Å². The van der Waals surface area contributed by atoms with E-state index < -0.39 is 24.0 Å². The Balaban J connectivity index is 1.48. The van der Waals surface area contributed by atoms with Gasteiger partial charge in [0.2, 0.25) is 0 Å². The number of likely N-dealkylation sites (tertiary alicyclic amines) is 1. The fourth-order valence-electron chi connectivity index (χ4n) is 4.73. The zero-order valence-corrected chi connectivity index (χ0v) is 16.9. The van der Waals surface area contributed by atoms with E-state index in [9.17, 15) is 14.4 Å². The highest BCUT2D eigenvalue weighted by Crippen LogP contribution is 2.44. The monoisotopic (exact) mass is 425 g/mol. The molecule has 152 valence electrons. The summed E-state index contributed by atoms with van der Waals surface area (Å²) in [6.45, 7) is 3.70. The fourth-order valence-corrected chi connectivity index (χ4v) is 4.93. The molecule has 3 aliphatic heterocycles. The molecule has 4 heterocycles. The molecule has 5 rings (SSSR count). The summed E-state index contributed by atoms with van der Waals surface area (Å²) in [5, 5.41) is 13.1. The lowest BCUT2D eigenvalue weighted by molar-refractivity contribution is -0.121. The molecule has 1 aromatic carbocycles. The highest BCUT2D eigenvalue weighted by molar-refractivity contribution is 6.33. The Morgan fingerprint density at radius 1 is 1.33 bits per heavy atom. The number of hydrogen-bond donors (Lipinski definition) is 0. The van der Waals surface area contributed by atoms with Gasteiger partial charge in [-0.05, 0) is 38.0 Å². The highest BCUT2D eigenvalue weighted by Gasteiger charge is 2.63. The van der Waals surface area contributed by atoms with Crippen LogP contribution in [-0.4, -0.2) is 57.5 Å². The maximum Gasteiger partial charge on any atom is 0.332 e. The van der Waals surface area contributed by atoms with Gasteiger partial charge in [0.05, 0.1) is 28.4 Å². The van der Waals surface area contributed by atoms with Crippen LogP contribution in [-0.2, 0) is 4.79 Å². The summed E-state index contributed by atoms with van der Waals surface area (Å²) in [5.41, 5.74) is 1.30. The number of amides is 4. The molecule has 0 spiro atoms. The van der Waals surface area contributed by atoms with Crippen molar-refractivity contribution in [2.45, 2.75) is 38.4 Å². The molecule has 3 saturated heterocycles. The number of aryl methyl sites for hydroxylation is 1. The first kappa shape index (κ1) is 18.6. The molecule has 0 aliphatic carbocycles. The summed E-state index contributed by atoms with van der Waals surface area (Å²) in [6.07, 6.45) is 0.547. The number of aromatic nitrogens is 1. The van der Waals surface area contributed by atoms with E-state index in [1.807, 2.05) is 6.07 Å². The lowest BCUT2D eigenvalue weighted by Gasteiger charge is -2.34. The fraction of sp³-hybridized carbons (Fsp3) is 0.350. The highest BCUT2D eigenvalue weighted by atomic mass is 35.5. The van der Waals surface area contributed by atoms with E-state index in [1.165, 1.54) is 6.07 Å². The standard InChI is InChI=1S/C20H16ClN5O4/c1-9-5-13(23-30-9)18(27)24-8-12-6-15(24)17-19(28)26(20(29)25(12)17)14-4-3-11(7-22)16(21)10(14)2/h3-5,12,15,17H,6,8H2,1-2H3. The molecule has 3 fully saturated rings. The maximum atomic E-state index is 13.3. The van der Waals surface area contributed by atoms with Crippen LogP contribution in [0.2, 0.25) is 5.02 Å². The van der Waals surface area contributed by atoms with Gasteiger partial charge in [-0.15, -0.1) is 0 Å². The summed E-state index contributed by atoms with van der Waals surface area (Å²) in [7, 11) is 0. The van der Waals surface area contributed by atoms with Gasteiger partial charge in [0.25, 0.3) is 11.8 Å². The Morgan fingerprint density at radius 2 is 2.10 bits per heavy atom. The van der Waals surface area contributed by atoms with E-state index >= 15 is 0 Å². The molecule has 3 aliphatic rings. The number of nitrogens with zero attached hydrogens (tertiary/aromatic N) is 5. The van der Waals surface area contributed by atoms with Crippen molar-refractivity contribution in [1.82, 2.24) is 15.0 Å². The number of benzene rings is 1. The Morgan fingerprint density at radius 3 is 2.77 bits per heavy atom. The predicted octanol–water partition coefficient (Wildman–Crippen LogP) is 2.25. The SMILES string of the molecule is Cc1cc(C(=O)N2CC3CC2C2C(=O)N(c4ccc(C#N)c(Cl)c4C)C(=O)N32)no1. The summed E-state index contributed by atoms with van der Waals surface area (Å²) >= 11 is 6.24. The van der Waals surface area contributed by atoms with Crippen molar-refractivity contribution in [1.29, 1.82) is 5.26 Å². The number of nitriles is 1. The molecule has 3 unspecified atom stereocenters. The molecule has 0 saturated carbocycles. The van der Waals surface area contributed by atoms with E-state index in [0.29, 0.717) is 30.0 Å². The molecule has 2 bridgehead atoms. The van der Waals surface area contributed by atoms with E-state index in [-0.39, 0.29) is 28.2 Å². The van der Waals surface area contributed by atoms with Crippen LogP contribution in [0.15, 0.2) is 22.7 Å². The van der Waals surface area contributed by atoms with E-state index in [1.54, 1.807) is 35.8 Å². The van der Waals surface area contributed by atoms with Crippen LogP contribution in [0, 0.1) is 25.2 Å². The normalized spacial score (nSPS) is 24.6. The third kappa shape index (κ3) is 2.34. The quantitative estimate of drug-likeness (QED) is 0.682. The van der Waals surface area contributed by atoms with Gasteiger partial charge in [0.15, 0.2) is 5.69 Å². The average molecular weight is 426 g/mol. The zero-order valence-electron chi connectivity index (χ0n) is 16.1. The van der Waals surface area contributed by atoms with Crippen molar-refractivity contribution >= 4 is 35.1 Å². The number of imide groups is 1. The van der Waals surface area contributed by atoms with Gasteiger partial charge in [-0.1, -0.05) is 16.8 Å². The van der Waals surface area contributed by atoms with Gasteiger partial charge in [0, 0.05) is 12.6 Å². The first-order valence-corrected chi connectivity index (χ1v) is 9.81. The first-order valence-electron chi connectivity index (χ1n) is 9.43. The maximum absolute atomic E-state index is 13.3. The number of carbonyl (C=O) groups is 3. The summed E-state index contributed by atoms with van der Waals surface area (Å²) < 4.78 is 5.00. The van der Waals surface area contributed by atoms with Crippen molar-refractivity contribution in [2.75, 3.05) is 11.4 Å². The average Bonchev–Trinajstić information content (AvgIpc) is 3.48. The molecule has 0 N–H and O–H groups in total. The Bertz CT molecular complexity index is 1170. The van der Waals surface area contributed by atoms with E-state index in [2.05, 4.69) is 5.16 Å². The zero-order chi connectivity index (χ0) is 21.3. The topological polar surface area (TPSA) is 111 Å². The van der Waals surface area contributed by atoms with Gasteiger partial charge < -0.3 is 14.3 Å². The molecule has 3 atom stereocenters. The molecule has 2 aromatic rings. The van der Waals surface area contributed by atoms with Crippen molar-refractivity contribution in [2.24, 2.45) is 0 Å². The van der Waals surface area contributed by atoms with Crippen LogP contribution < -0.4 is 4.90 Å². The third-order valence-electron chi connectivity index (χ3n) is 6.09. The van der Waals surface area contributed by atoms with Gasteiger partial charge in [-0.25, -0.2) is 9.69 Å². The minimum absolute atomic E-state index is 0.190. The molecule has 10 heteroatoms. The Hall–Kier alpha value is -3.38. The number of fused-ring (bicyclic) bond motifs is 5. The number of carbonyl (C=O) groups excluding carboxylic acids is 3. The summed E-state index contributed by atoms with van der Waals surface area (Å²) in [6, 6.07) is 4.76. The Labute approximate surface area is 176 Å². The largest absolute Gasteiger partial charge is 0.361 e. The van der Waals surface area contributed by atoms with Crippen LogP contribution in [0.5, 0.6) is 0 Å². The number of urea groups is 1. The van der Waals surface area contributed by atoms with Crippen molar-refractivity contribution < 1.29 is 18.9 Å². The first-order chi connectivity index (χ1) is 14.3. The van der Waals surface area contributed by atoms with Crippen molar-refractivity contribution in [3.8, 4) is 6.07 Å². The number of piperazine rings is 1. The predicted molar refractivity (Wildman–Crippen MR) is 104 cm³/mol. The third-order valence-corrected chi connectivity index (χ3v) is 6.58. The van der Waals surface area contributed by atoms with Crippen LogP contribution >= 0.6 is 11.6 Å². The number of halogens is 1. The number of hydrogen-bond acceptors (Lipinski definition) is 6. The number of rotatable bonds is 2. The second-order valence-corrected chi connectivity index (χ2v) is 8.11. The molecular formula is C20H16ClN5O4. The minimum atomic E-state index is -0.748. The smallest absolute Gasteiger partial charge is 0.332 e. The molecule has 1 aromatic heterocycles. The molecule has 9 nitrogen and oxygen atoms in total. The van der Waals surface area contributed by atoms with Crippen molar-refractivity contribution in [3.05, 3.63) is 45.8 Å². The van der Waals surface area contributed by atoms with Gasteiger partial charge >= 0.3 is 6.03 Å². The lowest BCUT2D eigenvalue weighted by atomic mass is 10.1. The van der Waals surface area contributed by atoms with Crippen LogP contribution in [0.4, 0.5) is 10.5 Å². The second-order valence-electron chi connectivity index (χ2n) is 7.73. The van der Waals surface area contributed by atoms with Crippen LogP contribution in [0.1, 0.15) is 33.8 Å². The van der Waals surface area contributed by atoms with Crippen molar-refractivity contribution in [3.63, 3.8) is 0 Å². The minimum Gasteiger partial charge on any atom is -0.361 e. The van der Waals surface area contributed by atoms with Crippen LogP contribution in [0.3, 0.4) is 0 Å². The van der Waals surface area contributed by atoms with E-state index in [4.69, 9.17) is 21.4 Å². The molecule has 0 radical (unpaired) electrons. The summed E-state index contributed by atoms with van der Waals surface area (Å²) in [4.78, 5) is 43.6. The van der Waals surface area contributed by atoms with Crippen LogP contribution in [0.25, 0.3) is 0 Å². The number of anilines is 1. The summed E-state index contributed by atoms with van der Waals surface area (Å²) in [5.74, 6) is -0.184. The van der Waals surface area contributed by atoms with Gasteiger partial charge in [-0.3, -0.25) is 9.59 Å². The Kier molecular flexibility index (Phi) is 3.92. The second kappa shape index (κ2) is 6.31. The van der Waals surface area contributed by atoms with Gasteiger partial charge in [-0.2, -0.15) is 5.26 Å². The molecule has 4 amide bonds. The molecular weight excluding hydrogens is 410 g/mol. The lowest BCUT2D eigenvalue weighted by Crippen LogP contribution is -2.54.